The fourth-order valence-electron chi connectivity index (χ4n) is 3.05. The average Bonchev–Trinajstić information content (AvgIpc) is 3.39. The van der Waals surface area contributed by atoms with Gasteiger partial charge in [-0.25, -0.2) is 0 Å². The zero-order valence-electron chi connectivity index (χ0n) is 14.7. The van der Waals surface area contributed by atoms with Gasteiger partial charge in [0.25, 0.3) is 0 Å². The third-order valence-electron chi connectivity index (χ3n) is 4.77. The summed E-state index contributed by atoms with van der Waals surface area (Å²) in [5.74, 6) is 1.63. The molecule has 1 aromatic rings. The van der Waals surface area contributed by atoms with Crippen molar-refractivity contribution in [1.82, 2.24) is 10.2 Å². The lowest BCUT2D eigenvalue weighted by molar-refractivity contribution is -0.122. The summed E-state index contributed by atoms with van der Waals surface area (Å²) in [5, 5.41) is 3.09. The van der Waals surface area contributed by atoms with Crippen molar-refractivity contribution in [3.63, 3.8) is 0 Å². The van der Waals surface area contributed by atoms with Gasteiger partial charge in [0.05, 0.1) is 7.11 Å². The maximum Gasteiger partial charge on any atom is 0.223 e. The van der Waals surface area contributed by atoms with Crippen LogP contribution in [0.2, 0.25) is 0 Å². The number of carbonyl (C=O) groups excluding carboxylic acids is 1. The van der Waals surface area contributed by atoms with E-state index < -0.39 is 0 Å². The molecule has 2 rings (SSSR count). The molecule has 0 aliphatic heterocycles. The number of hydrogen-bond donors (Lipinski definition) is 1. The molecule has 0 saturated heterocycles. The summed E-state index contributed by atoms with van der Waals surface area (Å²) in [6, 6.07) is 8.08. The van der Waals surface area contributed by atoms with Crippen LogP contribution >= 0.6 is 0 Å². The number of nitrogens with zero attached hydrogens (tertiary/aromatic N) is 1. The van der Waals surface area contributed by atoms with E-state index in [9.17, 15) is 4.79 Å². The van der Waals surface area contributed by atoms with E-state index in [1.807, 2.05) is 12.1 Å². The Hall–Kier alpha value is -1.55. The second-order valence-electron chi connectivity index (χ2n) is 6.25. The molecular weight excluding hydrogens is 288 g/mol. The molecule has 1 aliphatic carbocycles. The molecule has 1 fully saturated rings. The number of ether oxygens (including phenoxy) is 1. The molecule has 1 amide bonds. The van der Waals surface area contributed by atoms with E-state index in [-0.39, 0.29) is 11.8 Å². The number of carbonyl (C=O) groups is 1. The highest BCUT2D eigenvalue weighted by atomic mass is 16.5. The quantitative estimate of drug-likeness (QED) is 0.674. The number of methoxy groups -OCH3 is 1. The Kier molecular flexibility index (Phi) is 6.90. The molecule has 1 aromatic carbocycles. The Balaban J connectivity index is 1.64. The van der Waals surface area contributed by atoms with Crippen LogP contribution in [-0.2, 0) is 4.79 Å². The Morgan fingerprint density at radius 3 is 2.52 bits per heavy atom. The van der Waals surface area contributed by atoms with Gasteiger partial charge in [0.2, 0.25) is 5.91 Å². The van der Waals surface area contributed by atoms with Crippen molar-refractivity contribution in [2.24, 2.45) is 5.92 Å². The van der Waals surface area contributed by atoms with Crippen molar-refractivity contribution in [3.8, 4) is 5.75 Å². The van der Waals surface area contributed by atoms with Crippen LogP contribution in [0.5, 0.6) is 5.75 Å². The first kappa shape index (κ1) is 17.8. The third-order valence-corrected chi connectivity index (χ3v) is 4.77. The summed E-state index contributed by atoms with van der Waals surface area (Å²) < 4.78 is 5.17. The first-order valence-corrected chi connectivity index (χ1v) is 8.83. The molecule has 0 aromatic heterocycles. The number of nitrogens with one attached hydrogen (secondary N) is 1. The van der Waals surface area contributed by atoms with Crippen LogP contribution in [-0.4, -0.2) is 44.1 Å². The predicted molar refractivity (Wildman–Crippen MR) is 93.9 cm³/mol. The minimum Gasteiger partial charge on any atom is -0.497 e. The Morgan fingerprint density at radius 1 is 1.22 bits per heavy atom. The van der Waals surface area contributed by atoms with Gasteiger partial charge in [-0.3, -0.25) is 4.79 Å². The van der Waals surface area contributed by atoms with Crippen LogP contribution in [0.25, 0.3) is 0 Å². The summed E-state index contributed by atoms with van der Waals surface area (Å²) in [6.07, 6.45) is 3.17. The van der Waals surface area contributed by atoms with E-state index in [0.717, 1.165) is 51.2 Å². The second kappa shape index (κ2) is 8.92. The van der Waals surface area contributed by atoms with Gasteiger partial charge in [0.15, 0.2) is 0 Å². The van der Waals surface area contributed by atoms with Gasteiger partial charge in [-0.05, 0) is 62.5 Å². The van der Waals surface area contributed by atoms with Crippen LogP contribution in [0, 0.1) is 5.92 Å². The van der Waals surface area contributed by atoms with Crippen LogP contribution in [0.3, 0.4) is 0 Å². The van der Waals surface area contributed by atoms with Crippen molar-refractivity contribution < 1.29 is 9.53 Å². The van der Waals surface area contributed by atoms with Gasteiger partial charge >= 0.3 is 0 Å². The molecule has 4 heteroatoms. The summed E-state index contributed by atoms with van der Waals surface area (Å²) in [6.45, 7) is 8.52. The largest absolute Gasteiger partial charge is 0.497 e. The van der Waals surface area contributed by atoms with Crippen LogP contribution in [0.1, 0.15) is 44.6 Å². The number of benzene rings is 1. The highest BCUT2D eigenvalue weighted by Crippen LogP contribution is 2.47. The zero-order chi connectivity index (χ0) is 16.7. The highest BCUT2D eigenvalue weighted by Gasteiger charge is 2.43. The van der Waals surface area contributed by atoms with Crippen LogP contribution < -0.4 is 10.1 Å². The van der Waals surface area contributed by atoms with E-state index in [0.29, 0.717) is 5.92 Å². The number of hydrogen-bond acceptors (Lipinski definition) is 3. The minimum atomic E-state index is 0.158. The molecule has 23 heavy (non-hydrogen) atoms. The van der Waals surface area contributed by atoms with Crippen molar-refractivity contribution >= 4 is 5.91 Å². The zero-order valence-corrected chi connectivity index (χ0v) is 14.7. The summed E-state index contributed by atoms with van der Waals surface area (Å²) in [4.78, 5) is 14.6. The lowest BCUT2D eigenvalue weighted by atomic mass is 10.1. The summed E-state index contributed by atoms with van der Waals surface area (Å²) in [7, 11) is 1.67. The van der Waals surface area contributed by atoms with Gasteiger partial charge in [-0.2, -0.15) is 0 Å². The molecule has 1 N–H and O–H groups in total. The molecular formula is C19H30N2O2. The van der Waals surface area contributed by atoms with Crippen molar-refractivity contribution in [2.75, 3.05) is 33.3 Å². The Morgan fingerprint density at radius 2 is 1.91 bits per heavy atom. The topological polar surface area (TPSA) is 41.6 Å². The van der Waals surface area contributed by atoms with Crippen LogP contribution in [0.4, 0.5) is 0 Å². The maximum absolute atomic E-state index is 12.2. The monoisotopic (exact) mass is 318 g/mol. The fourth-order valence-corrected chi connectivity index (χ4v) is 3.05. The number of unbranched alkanes of at least 4 members (excludes halogenated alkanes) is 1. The van der Waals surface area contributed by atoms with Crippen molar-refractivity contribution in [2.45, 2.75) is 39.0 Å². The number of rotatable bonds is 10. The van der Waals surface area contributed by atoms with Gasteiger partial charge < -0.3 is 15.0 Å². The van der Waals surface area contributed by atoms with Gasteiger partial charge in [-0.15, -0.1) is 0 Å². The molecule has 2 unspecified atom stereocenters. The lowest BCUT2D eigenvalue weighted by Crippen LogP contribution is -2.28. The Bertz CT molecular complexity index is 483. The molecule has 0 heterocycles. The van der Waals surface area contributed by atoms with Crippen molar-refractivity contribution in [1.29, 1.82) is 0 Å². The predicted octanol–water partition coefficient (Wildman–Crippen LogP) is 3.04. The van der Waals surface area contributed by atoms with E-state index in [1.54, 1.807) is 7.11 Å². The Labute approximate surface area is 140 Å². The smallest absolute Gasteiger partial charge is 0.223 e. The third kappa shape index (κ3) is 5.24. The minimum absolute atomic E-state index is 0.158. The SMILES string of the molecule is CCN(CC)CCCCNC(=O)C1CC1c1ccc(OC)cc1. The average molecular weight is 318 g/mol. The van der Waals surface area contributed by atoms with E-state index in [1.165, 1.54) is 5.56 Å². The fraction of sp³-hybridized carbons (Fsp3) is 0.632. The molecule has 0 spiro atoms. The van der Waals surface area contributed by atoms with E-state index in [2.05, 4.69) is 36.2 Å². The van der Waals surface area contributed by atoms with Gasteiger partial charge in [0.1, 0.15) is 5.75 Å². The first-order chi connectivity index (χ1) is 11.2. The summed E-state index contributed by atoms with van der Waals surface area (Å²) in [5.41, 5.74) is 1.24. The molecule has 1 saturated carbocycles. The highest BCUT2D eigenvalue weighted by molar-refractivity contribution is 5.82. The van der Waals surface area contributed by atoms with Gasteiger partial charge in [-0.1, -0.05) is 26.0 Å². The molecule has 1 aliphatic rings. The molecule has 0 radical (unpaired) electrons. The molecule has 4 nitrogen and oxygen atoms in total. The standard InChI is InChI=1S/C19H30N2O2/c1-4-21(5-2)13-7-6-12-20-19(22)18-14-17(18)15-8-10-16(23-3)11-9-15/h8-11,17-18H,4-7,12-14H2,1-3H3,(H,20,22). The van der Waals surface area contributed by atoms with Gasteiger partial charge in [0, 0.05) is 12.5 Å². The first-order valence-electron chi connectivity index (χ1n) is 8.83. The van der Waals surface area contributed by atoms with Crippen molar-refractivity contribution in [3.05, 3.63) is 29.8 Å². The normalized spacial score (nSPS) is 19.7. The lowest BCUT2D eigenvalue weighted by Gasteiger charge is -2.17. The number of amides is 1. The van der Waals surface area contributed by atoms with E-state index in [4.69, 9.17) is 4.74 Å². The molecule has 0 bridgehead atoms. The summed E-state index contributed by atoms with van der Waals surface area (Å²) >= 11 is 0. The van der Waals surface area contributed by atoms with E-state index >= 15 is 0 Å². The van der Waals surface area contributed by atoms with Crippen LogP contribution in [0.15, 0.2) is 24.3 Å². The molecule has 128 valence electrons. The second-order valence-corrected chi connectivity index (χ2v) is 6.25. The molecule has 2 atom stereocenters. The maximum atomic E-state index is 12.2.